The van der Waals surface area contributed by atoms with Crippen LogP contribution in [-0.4, -0.2) is 87.4 Å². The molecule has 0 aromatic carbocycles. The van der Waals surface area contributed by atoms with Crippen LogP contribution >= 0.6 is 0 Å². The first-order valence-electron chi connectivity index (χ1n) is 28.1. The van der Waals surface area contributed by atoms with Crippen LogP contribution in [-0.2, 0) is 33.3 Å². The van der Waals surface area contributed by atoms with Crippen LogP contribution in [0.3, 0.4) is 0 Å². The predicted octanol–water partition coefficient (Wildman–Crippen LogP) is 16.3. The van der Waals surface area contributed by atoms with Crippen LogP contribution in [0.4, 0.5) is 0 Å². The third kappa shape index (κ3) is 53.6. The molecule has 0 fully saturated rings. The number of quaternary nitrogens is 1. The number of rotatable bonds is 50. The molecule has 0 aliphatic heterocycles. The number of hydrogen-bond donors (Lipinski definition) is 1. The number of ether oxygens (including phenoxy) is 4. The van der Waals surface area contributed by atoms with Gasteiger partial charge in [-0.3, -0.25) is 9.59 Å². The number of carbonyl (C=O) groups excluding carboxylic acids is 2. The lowest BCUT2D eigenvalue weighted by Gasteiger charge is -2.25. The van der Waals surface area contributed by atoms with Crippen LogP contribution in [0.5, 0.6) is 0 Å². The van der Waals surface area contributed by atoms with Gasteiger partial charge in [-0.15, -0.1) is 0 Å². The van der Waals surface area contributed by atoms with Crippen LogP contribution in [0.25, 0.3) is 0 Å². The third-order valence-electron chi connectivity index (χ3n) is 11.5. The van der Waals surface area contributed by atoms with Gasteiger partial charge < -0.3 is 28.5 Å². The molecule has 0 heterocycles. The summed E-state index contributed by atoms with van der Waals surface area (Å²) in [5, 5.41) is 9.70. The summed E-state index contributed by atoms with van der Waals surface area (Å²) in [5.74, 6) is -2.04. The topological polar surface area (TPSA) is 108 Å². The molecule has 1 N–H and O–H groups in total. The molecule has 0 radical (unpaired) electrons. The smallest absolute Gasteiger partial charge is 0.361 e. The van der Waals surface area contributed by atoms with Crippen LogP contribution in [0.1, 0.15) is 206 Å². The van der Waals surface area contributed by atoms with Gasteiger partial charge in [0.25, 0.3) is 6.29 Å². The molecule has 0 spiro atoms. The number of unbranched alkanes of at least 4 members (excludes halogenated alkanes) is 17. The van der Waals surface area contributed by atoms with Crippen LogP contribution in [0.15, 0.2) is 109 Å². The summed E-state index contributed by atoms with van der Waals surface area (Å²) in [6, 6.07) is 0. The van der Waals surface area contributed by atoms with Gasteiger partial charge in [-0.05, 0) is 96.3 Å². The van der Waals surface area contributed by atoms with E-state index in [1.54, 1.807) is 0 Å². The van der Waals surface area contributed by atoms with E-state index in [-0.39, 0.29) is 38.6 Å². The molecule has 0 saturated heterocycles. The SMILES string of the molecule is CC/C=C\C/C=C\C/C=C\C/C=C\C/C=C\CCCCCCCCCC(=O)OC(COC(=O)CCCCCCCCCCCC/C=C\C/C=C\C/C=C\C/C=C\CC)COC(OCC[N+](C)(C)C)C(=O)O. The lowest BCUT2D eigenvalue weighted by molar-refractivity contribution is -0.870. The van der Waals surface area contributed by atoms with Crippen molar-refractivity contribution in [3.05, 3.63) is 109 Å². The largest absolute Gasteiger partial charge is 0.477 e. The molecular formula is C62H104NO8+. The second-order valence-corrected chi connectivity index (χ2v) is 19.5. The fourth-order valence-electron chi connectivity index (χ4n) is 7.27. The number of esters is 2. The summed E-state index contributed by atoms with van der Waals surface area (Å²) < 4.78 is 22.9. The highest BCUT2D eigenvalue weighted by atomic mass is 16.7. The van der Waals surface area contributed by atoms with E-state index in [0.29, 0.717) is 17.4 Å². The Kier molecular flexibility index (Phi) is 49.3. The molecule has 0 bridgehead atoms. The molecule has 2 atom stereocenters. The number of nitrogens with zero attached hydrogens (tertiary/aromatic N) is 1. The second-order valence-electron chi connectivity index (χ2n) is 19.5. The zero-order valence-electron chi connectivity index (χ0n) is 45.8. The molecule has 9 nitrogen and oxygen atoms in total. The van der Waals surface area contributed by atoms with Gasteiger partial charge in [-0.2, -0.15) is 0 Å². The Morgan fingerprint density at radius 1 is 0.423 bits per heavy atom. The molecule has 0 aliphatic carbocycles. The van der Waals surface area contributed by atoms with E-state index >= 15 is 0 Å². The van der Waals surface area contributed by atoms with Gasteiger partial charge in [0, 0.05) is 12.8 Å². The van der Waals surface area contributed by atoms with E-state index in [1.807, 2.05) is 21.1 Å². The Labute approximate surface area is 434 Å². The summed E-state index contributed by atoms with van der Waals surface area (Å²) in [6.45, 7) is 4.62. The van der Waals surface area contributed by atoms with Crippen molar-refractivity contribution in [2.75, 3.05) is 47.5 Å². The van der Waals surface area contributed by atoms with E-state index in [4.69, 9.17) is 18.9 Å². The standard InChI is InChI=1S/C62H103NO8/c1-6-8-10-12-14-16-18-20-22-24-26-28-30-32-34-36-38-40-42-44-46-48-50-52-59(64)69-56-58(57-70-62(61(66)67)68-55-54-63(3,4)5)71-60(65)53-51-49-47-45-43-41-39-37-35-33-31-29-27-25-23-21-19-17-15-13-11-9-7-2/h8-11,14-17,20-23,26-29,33,35,58,62H,6-7,12-13,18-19,24-25,30-32,34,36-57H2,1-5H3/p+1/b10-8-,11-9-,16-14-,17-15-,22-20-,23-21-,28-26-,29-27-,35-33-. The van der Waals surface area contributed by atoms with Gasteiger partial charge in [-0.1, -0.05) is 207 Å². The average molecular weight is 992 g/mol. The van der Waals surface area contributed by atoms with Gasteiger partial charge in [0.1, 0.15) is 13.2 Å². The monoisotopic (exact) mass is 991 g/mol. The Bertz CT molecular complexity index is 1530. The van der Waals surface area contributed by atoms with Crippen molar-refractivity contribution in [2.24, 2.45) is 0 Å². The van der Waals surface area contributed by atoms with E-state index in [2.05, 4.69) is 123 Å². The van der Waals surface area contributed by atoms with Gasteiger partial charge >= 0.3 is 17.9 Å². The first kappa shape index (κ1) is 67.0. The van der Waals surface area contributed by atoms with Crippen molar-refractivity contribution >= 4 is 17.9 Å². The fraction of sp³-hybridized carbons (Fsp3) is 0.661. The molecule has 0 saturated carbocycles. The number of carbonyl (C=O) groups is 3. The first-order chi connectivity index (χ1) is 34.6. The highest BCUT2D eigenvalue weighted by molar-refractivity contribution is 5.71. The number of carboxylic acid groups (broad SMARTS) is 1. The Balaban J connectivity index is 4.33. The predicted molar refractivity (Wildman–Crippen MR) is 299 cm³/mol. The van der Waals surface area contributed by atoms with Crippen molar-refractivity contribution in [1.29, 1.82) is 0 Å². The maximum Gasteiger partial charge on any atom is 0.361 e. The summed E-state index contributed by atoms with van der Waals surface area (Å²) in [5.41, 5.74) is 0. The Hall–Kier alpha value is -4.05. The molecule has 0 aromatic rings. The van der Waals surface area contributed by atoms with Crippen molar-refractivity contribution in [1.82, 2.24) is 0 Å². The zero-order chi connectivity index (χ0) is 52.0. The lowest BCUT2D eigenvalue weighted by atomic mass is 10.1. The summed E-state index contributed by atoms with van der Waals surface area (Å²) in [7, 11) is 5.95. The molecular weight excluding hydrogens is 887 g/mol. The summed E-state index contributed by atoms with van der Waals surface area (Å²) >= 11 is 0. The Morgan fingerprint density at radius 2 is 0.761 bits per heavy atom. The maximum atomic E-state index is 12.9. The molecule has 404 valence electrons. The molecule has 71 heavy (non-hydrogen) atoms. The minimum Gasteiger partial charge on any atom is -0.477 e. The minimum absolute atomic E-state index is 0.179. The van der Waals surface area contributed by atoms with E-state index < -0.39 is 24.3 Å². The molecule has 0 aliphatic rings. The second kappa shape index (κ2) is 52.3. The van der Waals surface area contributed by atoms with Crippen molar-refractivity contribution in [2.45, 2.75) is 219 Å². The number of carboxylic acids is 1. The summed E-state index contributed by atoms with van der Waals surface area (Å²) in [4.78, 5) is 37.4. The van der Waals surface area contributed by atoms with Gasteiger partial charge in [0.2, 0.25) is 0 Å². The zero-order valence-corrected chi connectivity index (χ0v) is 45.8. The molecule has 0 aromatic heterocycles. The Morgan fingerprint density at radius 3 is 1.13 bits per heavy atom. The normalized spacial score (nSPS) is 13.6. The molecule has 0 amide bonds. The van der Waals surface area contributed by atoms with E-state index in [9.17, 15) is 19.5 Å². The van der Waals surface area contributed by atoms with Crippen LogP contribution < -0.4 is 0 Å². The third-order valence-corrected chi connectivity index (χ3v) is 11.5. The van der Waals surface area contributed by atoms with Crippen LogP contribution in [0, 0.1) is 0 Å². The molecule has 0 rings (SSSR count). The quantitative estimate of drug-likeness (QED) is 0.0211. The number of aliphatic carboxylic acids is 1. The molecule has 2 unspecified atom stereocenters. The fourth-order valence-corrected chi connectivity index (χ4v) is 7.27. The number of hydrogen-bond acceptors (Lipinski definition) is 7. The van der Waals surface area contributed by atoms with Crippen molar-refractivity contribution in [3.8, 4) is 0 Å². The average Bonchev–Trinajstić information content (AvgIpc) is 3.34. The highest BCUT2D eigenvalue weighted by Crippen LogP contribution is 2.15. The maximum absolute atomic E-state index is 12.9. The number of allylic oxidation sites excluding steroid dienone is 18. The van der Waals surface area contributed by atoms with Gasteiger partial charge in [0.05, 0.1) is 34.4 Å². The lowest BCUT2D eigenvalue weighted by Crippen LogP contribution is -2.40. The van der Waals surface area contributed by atoms with Crippen LogP contribution in [0.2, 0.25) is 0 Å². The number of likely N-dealkylation sites (N-methyl/N-ethyl adjacent to an activating group) is 1. The van der Waals surface area contributed by atoms with Gasteiger partial charge in [-0.25, -0.2) is 4.79 Å². The molecule has 9 heteroatoms. The van der Waals surface area contributed by atoms with E-state index in [0.717, 1.165) is 109 Å². The minimum atomic E-state index is -1.52. The van der Waals surface area contributed by atoms with Crippen molar-refractivity contribution < 1.29 is 42.9 Å². The van der Waals surface area contributed by atoms with E-state index in [1.165, 1.54) is 64.2 Å². The highest BCUT2D eigenvalue weighted by Gasteiger charge is 2.25. The summed E-state index contributed by atoms with van der Waals surface area (Å²) in [6.07, 6.45) is 68.7. The van der Waals surface area contributed by atoms with Crippen molar-refractivity contribution in [3.63, 3.8) is 0 Å². The first-order valence-corrected chi connectivity index (χ1v) is 28.1. The van der Waals surface area contributed by atoms with Gasteiger partial charge in [0.15, 0.2) is 6.10 Å².